The van der Waals surface area contributed by atoms with Crippen molar-refractivity contribution in [3.8, 4) is 17.6 Å². The van der Waals surface area contributed by atoms with E-state index in [-0.39, 0.29) is 23.0 Å². The summed E-state index contributed by atoms with van der Waals surface area (Å²) >= 11 is 6.03. The minimum absolute atomic E-state index is 0.0714. The molecule has 1 amide bonds. The van der Waals surface area contributed by atoms with E-state index in [1.807, 2.05) is 0 Å². The fraction of sp³-hybridized carbons (Fsp3) is 0.438. The summed E-state index contributed by atoms with van der Waals surface area (Å²) in [6, 6.07) is 2.61. The van der Waals surface area contributed by atoms with Crippen LogP contribution < -0.4 is 10.1 Å². The number of benzene rings is 1. The van der Waals surface area contributed by atoms with Crippen LogP contribution in [0.2, 0.25) is 5.02 Å². The molecule has 0 aliphatic rings. The number of methoxy groups -OCH3 is 1. The Labute approximate surface area is 145 Å². The summed E-state index contributed by atoms with van der Waals surface area (Å²) in [7, 11) is 1.33. The third kappa shape index (κ3) is 6.34. The molecule has 7 nitrogen and oxygen atoms in total. The van der Waals surface area contributed by atoms with Gasteiger partial charge in [-0.05, 0) is 20.8 Å². The lowest BCUT2D eigenvalue weighted by Gasteiger charge is -2.19. The van der Waals surface area contributed by atoms with E-state index in [1.165, 1.54) is 19.2 Å². The largest absolute Gasteiger partial charge is 0.490 e. The molecule has 0 unspecified atom stereocenters. The van der Waals surface area contributed by atoms with Crippen LogP contribution in [0.15, 0.2) is 12.1 Å². The van der Waals surface area contributed by atoms with Crippen molar-refractivity contribution < 1.29 is 19.2 Å². The number of halogens is 1. The van der Waals surface area contributed by atoms with Gasteiger partial charge in [0.15, 0.2) is 5.75 Å². The molecule has 0 aliphatic heterocycles. The van der Waals surface area contributed by atoms with Gasteiger partial charge in [-0.15, -0.1) is 0 Å². The third-order valence-electron chi connectivity index (χ3n) is 2.61. The zero-order valence-electron chi connectivity index (χ0n) is 13.9. The highest BCUT2D eigenvalue weighted by Crippen LogP contribution is 2.32. The van der Waals surface area contributed by atoms with Crippen LogP contribution in [0, 0.1) is 22.0 Å². The number of carbonyl (C=O) groups excluding carboxylic acids is 1. The van der Waals surface area contributed by atoms with Crippen molar-refractivity contribution in [1.82, 2.24) is 5.32 Å². The Morgan fingerprint density at radius 1 is 1.42 bits per heavy atom. The lowest BCUT2D eigenvalue weighted by Crippen LogP contribution is -2.32. The summed E-state index contributed by atoms with van der Waals surface area (Å²) in [6.07, 6.45) is -0.183. The first kappa shape index (κ1) is 19.6. The van der Waals surface area contributed by atoms with Crippen molar-refractivity contribution in [3.63, 3.8) is 0 Å². The molecule has 0 heterocycles. The predicted molar refractivity (Wildman–Crippen MR) is 90.4 cm³/mol. The lowest BCUT2D eigenvalue weighted by molar-refractivity contribution is -0.385. The van der Waals surface area contributed by atoms with Crippen molar-refractivity contribution in [2.24, 2.45) is 0 Å². The summed E-state index contributed by atoms with van der Waals surface area (Å²) < 4.78 is 10.00. The van der Waals surface area contributed by atoms with Crippen LogP contribution in [0.25, 0.3) is 0 Å². The summed E-state index contributed by atoms with van der Waals surface area (Å²) in [5.74, 6) is 5.62. The van der Waals surface area contributed by atoms with E-state index in [9.17, 15) is 14.9 Å². The highest BCUT2D eigenvalue weighted by molar-refractivity contribution is 6.32. The van der Waals surface area contributed by atoms with Gasteiger partial charge < -0.3 is 14.8 Å². The molecule has 0 fully saturated rings. The highest BCUT2D eigenvalue weighted by atomic mass is 35.5. The minimum Gasteiger partial charge on any atom is -0.490 e. The molecule has 0 bridgehead atoms. The number of nitro benzene ring substituents is 1. The van der Waals surface area contributed by atoms with Crippen molar-refractivity contribution in [1.29, 1.82) is 0 Å². The Morgan fingerprint density at radius 3 is 2.62 bits per heavy atom. The Morgan fingerprint density at radius 2 is 2.08 bits per heavy atom. The molecule has 0 spiro atoms. The maximum absolute atomic E-state index is 11.4. The predicted octanol–water partition coefficient (Wildman–Crippen LogP) is 3.52. The number of carbonyl (C=O) groups is 1. The summed E-state index contributed by atoms with van der Waals surface area (Å²) in [5, 5.41) is 13.8. The number of amides is 1. The van der Waals surface area contributed by atoms with Gasteiger partial charge in [-0.2, -0.15) is 0 Å². The van der Waals surface area contributed by atoms with Gasteiger partial charge in [-0.25, -0.2) is 4.79 Å². The fourth-order valence-corrected chi connectivity index (χ4v) is 1.85. The Hall–Kier alpha value is -2.46. The highest BCUT2D eigenvalue weighted by Gasteiger charge is 2.17. The molecule has 1 rings (SSSR count). The Bertz CT molecular complexity index is 686. The number of rotatable bonds is 4. The first-order chi connectivity index (χ1) is 11.1. The van der Waals surface area contributed by atoms with Gasteiger partial charge >= 0.3 is 11.8 Å². The minimum atomic E-state index is -0.565. The maximum atomic E-state index is 11.4. The molecule has 1 aromatic carbocycles. The molecule has 8 heteroatoms. The number of hydrogen-bond donors (Lipinski definition) is 1. The van der Waals surface area contributed by atoms with Gasteiger partial charge in [0.1, 0.15) is 5.60 Å². The molecule has 0 saturated carbocycles. The molecule has 0 radical (unpaired) electrons. The first-order valence-corrected chi connectivity index (χ1v) is 7.49. The zero-order chi connectivity index (χ0) is 18.3. The number of nitrogens with zero attached hydrogens (tertiary/aromatic N) is 1. The van der Waals surface area contributed by atoms with Crippen LogP contribution in [0.5, 0.6) is 5.75 Å². The van der Waals surface area contributed by atoms with Crippen molar-refractivity contribution >= 4 is 23.4 Å². The summed E-state index contributed by atoms with van der Waals surface area (Å²) in [6.45, 7) is 5.60. The van der Waals surface area contributed by atoms with Crippen molar-refractivity contribution in [2.45, 2.75) is 32.8 Å². The number of alkyl carbamates (subject to hydrolysis) is 1. The van der Waals surface area contributed by atoms with E-state index in [0.717, 1.165) is 0 Å². The Balaban J connectivity index is 2.68. The molecule has 130 valence electrons. The van der Waals surface area contributed by atoms with Gasteiger partial charge in [-0.3, -0.25) is 10.1 Å². The van der Waals surface area contributed by atoms with Gasteiger partial charge in [0.2, 0.25) is 0 Å². The number of nitrogens with one attached hydrogen (secondary N) is 1. The quantitative estimate of drug-likeness (QED) is 0.386. The van der Waals surface area contributed by atoms with Crippen LogP contribution in [0.1, 0.15) is 32.8 Å². The van der Waals surface area contributed by atoms with E-state index in [2.05, 4.69) is 17.2 Å². The number of hydrogen-bond acceptors (Lipinski definition) is 5. The lowest BCUT2D eigenvalue weighted by atomic mass is 10.2. The normalized spacial score (nSPS) is 10.4. The molecule has 1 aromatic rings. The van der Waals surface area contributed by atoms with E-state index in [0.29, 0.717) is 12.0 Å². The molecular formula is C16H19ClN2O5. The van der Waals surface area contributed by atoms with E-state index < -0.39 is 16.6 Å². The standard InChI is InChI=1S/C16H19ClN2O5/c1-16(2,3)24-15(20)18-8-6-5-7-11-9-13(19(21)22)14(23-4)10-12(11)17/h9-10H,6,8H2,1-4H3,(H,18,20). The Kier molecular flexibility index (Phi) is 6.86. The average Bonchev–Trinajstić information content (AvgIpc) is 2.45. The number of ether oxygens (including phenoxy) is 2. The SMILES string of the molecule is COc1cc(Cl)c(C#CCCNC(=O)OC(C)(C)C)cc1[N+](=O)[O-]. The average molecular weight is 355 g/mol. The van der Waals surface area contributed by atoms with Gasteiger partial charge in [0.05, 0.1) is 22.6 Å². The second-order valence-corrected chi connectivity index (χ2v) is 6.15. The number of nitro groups is 1. The van der Waals surface area contributed by atoms with E-state index in [4.69, 9.17) is 21.1 Å². The summed E-state index contributed by atoms with van der Waals surface area (Å²) in [5.41, 5.74) is -0.454. The topological polar surface area (TPSA) is 90.7 Å². The monoisotopic (exact) mass is 354 g/mol. The van der Waals surface area contributed by atoms with Gasteiger partial charge in [0.25, 0.3) is 0 Å². The maximum Gasteiger partial charge on any atom is 0.407 e. The second-order valence-electron chi connectivity index (χ2n) is 5.74. The first-order valence-electron chi connectivity index (χ1n) is 7.11. The van der Waals surface area contributed by atoms with Gasteiger partial charge in [0, 0.05) is 25.1 Å². The van der Waals surface area contributed by atoms with Crippen LogP contribution in [-0.4, -0.2) is 30.3 Å². The molecule has 0 aromatic heterocycles. The van der Waals surface area contributed by atoms with Crippen LogP contribution in [-0.2, 0) is 4.74 Å². The second kappa shape index (κ2) is 8.41. The molecule has 0 atom stereocenters. The van der Waals surface area contributed by atoms with Crippen LogP contribution in [0.3, 0.4) is 0 Å². The van der Waals surface area contributed by atoms with E-state index in [1.54, 1.807) is 20.8 Å². The van der Waals surface area contributed by atoms with Gasteiger partial charge in [-0.1, -0.05) is 23.4 Å². The zero-order valence-corrected chi connectivity index (χ0v) is 14.7. The molecule has 0 aliphatic carbocycles. The fourth-order valence-electron chi connectivity index (χ4n) is 1.64. The third-order valence-corrected chi connectivity index (χ3v) is 2.92. The molecule has 24 heavy (non-hydrogen) atoms. The molecular weight excluding hydrogens is 336 g/mol. The van der Waals surface area contributed by atoms with Crippen LogP contribution >= 0.6 is 11.6 Å². The molecule has 1 N–H and O–H groups in total. The van der Waals surface area contributed by atoms with E-state index >= 15 is 0 Å². The molecule has 0 saturated heterocycles. The summed E-state index contributed by atoms with van der Waals surface area (Å²) in [4.78, 5) is 21.9. The van der Waals surface area contributed by atoms with Crippen molar-refractivity contribution in [3.05, 3.63) is 32.8 Å². The van der Waals surface area contributed by atoms with Crippen molar-refractivity contribution in [2.75, 3.05) is 13.7 Å². The smallest absolute Gasteiger partial charge is 0.407 e. The van der Waals surface area contributed by atoms with Crippen LogP contribution in [0.4, 0.5) is 10.5 Å².